The molecule has 168 valence electrons. The van der Waals surface area contributed by atoms with Crippen LogP contribution in [0.1, 0.15) is 81.1 Å². The molecule has 7 nitrogen and oxygen atoms in total. The fourth-order valence-electron chi connectivity index (χ4n) is 3.05. The lowest BCUT2D eigenvalue weighted by molar-refractivity contribution is -0.143. The summed E-state index contributed by atoms with van der Waals surface area (Å²) in [5, 5.41) is 18.9. The van der Waals surface area contributed by atoms with Gasteiger partial charge in [-0.25, -0.2) is 0 Å². The Hall–Kier alpha value is -1.94. The molecule has 1 aliphatic carbocycles. The van der Waals surface area contributed by atoms with E-state index < -0.39 is 22.9 Å². The van der Waals surface area contributed by atoms with Crippen molar-refractivity contribution in [3.8, 4) is 6.07 Å². The first-order chi connectivity index (χ1) is 13.6. The monoisotopic (exact) mass is 411 g/mol. The van der Waals surface area contributed by atoms with E-state index in [1.54, 1.807) is 4.90 Å². The van der Waals surface area contributed by atoms with Crippen molar-refractivity contribution in [1.29, 1.82) is 5.26 Å². The summed E-state index contributed by atoms with van der Waals surface area (Å²) in [4.78, 5) is 38.7. The number of Topliss-reactive ketones (excluding diaryl/α,β-unsaturated/α-hetero) is 1. The second kappa shape index (κ2) is 13.3. The number of carbonyl (C=O) groups excluding carboxylic acids is 3. The van der Waals surface area contributed by atoms with Gasteiger partial charge in [-0.05, 0) is 38.0 Å². The Morgan fingerprint density at radius 2 is 1.62 bits per heavy atom. The molecule has 29 heavy (non-hydrogen) atoms. The number of nitrogens with zero attached hydrogens (tertiary/aromatic N) is 2. The molecule has 7 heteroatoms. The van der Waals surface area contributed by atoms with Gasteiger partial charge in [0.05, 0.1) is 12.1 Å². The number of aliphatic hydroxyl groups is 1. The minimum absolute atomic E-state index is 0.0227. The van der Waals surface area contributed by atoms with Crippen LogP contribution in [0, 0.1) is 22.2 Å². The Balaban J connectivity index is 0. The average molecular weight is 412 g/mol. The first-order valence-electron chi connectivity index (χ1n) is 10.6. The Labute approximate surface area is 176 Å². The number of nitrogens with one attached hydrogen (secondary N) is 1. The molecule has 1 heterocycles. The number of carbonyl (C=O) groups is 3. The first-order valence-corrected chi connectivity index (χ1v) is 10.6. The van der Waals surface area contributed by atoms with E-state index in [9.17, 15) is 14.4 Å². The lowest BCUT2D eigenvalue weighted by Crippen LogP contribution is -2.57. The zero-order chi connectivity index (χ0) is 23.4. The zero-order valence-electron chi connectivity index (χ0n) is 19.8. The number of likely N-dealkylation sites (tertiary alicyclic amines) is 1. The maximum absolute atomic E-state index is 13.0. The third kappa shape index (κ3) is 7.77. The number of rotatable bonds is 4. The molecule has 0 radical (unpaired) electrons. The third-order valence-corrected chi connectivity index (χ3v) is 4.79. The van der Waals surface area contributed by atoms with Crippen LogP contribution in [-0.4, -0.2) is 53.3 Å². The standard InChI is InChI=1S/C17H25N3O3.2C2H6.CH4O/c1-11(21)12-6-5-9-20(12)14(22)13(16(2,3)4)19-15(23)17(10-18)7-8-17;3*1-2/h12-13H,5-9H2,1-4H3,(H,19,23);2*1-2H3;2H,1H3. The molecule has 0 aromatic carbocycles. The molecule has 1 saturated carbocycles. The van der Waals surface area contributed by atoms with Crippen molar-refractivity contribution in [3.05, 3.63) is 0 Å². The topological polar surface area (TPSA) is 111 Å². The Kier molecular flexibility index (Phi) is 13.4. The van der Waals surface area contributed by atoms with Crippen molar-refractivity contribution in [1.82, 2.24) is 10.2 Å². The molecule has 2 rings (SSSR count). The van der Waals surface area contributed by atoms with Gasteiger partial charge in [-0.3, -0.25) is 14.4 Å². The molecule has 2 aliphatic rings. The maximum atomic E-state index is 13.0. The molecule has 2 amide bonds. The molecule has 2 fully saturated rings. The van der Waals surface area contributed by atoms with Gasteiger partial charge in [-0.2, -0.15) is 5.26 Å². The van der Waals surface area contributed by atoms with Crippen LogP contribution in [0.2, 0.25) is 0 Å². The van der Waals surface area contributed by atoms with E-state index in [1.807, 2.05) is 48.5 Å². The minimum atomic E-state index is -0.964. The average Bonchev–Trinajstić information content (AvgIpc) is 3.36. The normalized spacial score (nSPS) is 19.5. The van der Waals surface area contributed by atoms with Gasteiger partial charge in [-0.15, -0.1) is 0 Å². The van der Waals surface area contributed by atoms with Gasteiger partial charge >= 0.3 is 0 Å². The van der Waals surface area contributed by atoms with E-state index in [1.165, 1.54) is 6.92 Å². The van der Waals surface area contributed by atoms with E-state index in [0.29, 0.717) is 25.8 Å². The van der Waals surface area contributed by atoms with Gasteiger partial charge in [0.2, 0.25) is 11.8 Å². The molecule has 2 unspecified atom stereocenters. The number of amides is 2. The van der Waals surface area contributed by atoms with Gasteiger partial charge in [-0.1, -0.05) is 48.5 Å². The predicted octanol–water partition coefficient (Wildman–Crippen LogP) is 3.06. The van der Waals surface area contributed by atoms with Crippen LogP contribution in [0.4, 0.5) is 0 Å². The van der Waals surface area contributed by atoms with Crippen LogP contribution in [0.25, 0.3) is 0 Å². The van der Waals surface area contributed by atoms with Crippen molar-refractivity contribution < 1.29 is 19.5 Å². The second-order valence-corrected chi connectivity index (χ2v) is 7.77. The SMILES string of the molecule is CC.CC.CC(=O)C1CCCN1C(=O)C(NC(=O)C1(C#N)CC1)C(C)(C)C.CO. The summed E-state index contributed by atoms with van der Waals surface area (Å²) >= 11 is 0. The smallest absolute Gasteiger partial charge is 0.246 e. The summed E-state index contributed by atoms with van der Waals surface area (Å²) in [7, 11) is 1.00. The molecule has 0 aromatic heterocycles. The van der Waals surface area contributed by atoms with Gasteiger partial charge in [0.15, 0.2) is 5.78 Å². The quantitative estimate of drug-likeness (QED) is 0.738. The van der Waals surface area contributed by atoms with Gasteiger partial charge in [0, 0.05) is 13.7 Å². The summed E-state index contributed by atoms with van der Waals surface area (Å²) in [6.07, 6.45) is 2.55. The van der Waals surface area contributed by atoms with E-state index in [4.69, 9.17) is 10.4 Å². The van der Waals surface area contributed by atoms with E-state index >= 15 is 0 Å². The summed E-state index contributed by atoms with van der Waals surface area (Å²) in [5.41, 5.74) is -1.46. The maximum Gasteiger partial charge on any atom is 0.246 e. The molecule has 0 aromatic rings. The highest BCUT2D eigenvalue weighted by Gasteiger charge is 2.52. The Bertz CT molecular complexity index is 572. The molecule has 1 aliphatic heterocycles. The van der Waals surface area contributed by atoms with Crippen LogP contribution >= 0.6 is 0 Å². The highest BCUT2D eigenvalue weighted by atomic mass is 16.2. The van der Waals surface area contributed by atoms with Crippen LogP contribution in [-0.2, 0) is 14.4 Å². The zero-order valence-corrected chi connectivity index (χ0v) is 19.8. The Morgan fingerprint density at radius 3 is 1.97 bits per heavy atom. The Morgan fingerprint density at radius 1 is 1.14 bits per heavy atom. The number of ketones is 1. The van der Waals surface area contributed by atoms with Crippen molar-refractivity contribution in [2.45, 2.75) is 93.2 Å². The second-order valence-electron chi connectivity index (χ2n) is 7.77. The lowest BCUT2D eigenvalue weighted by atomic mass is 9.85. The summed E-state index contributed by atoms with van der Waals surface area (Å²) in [6, 6.07) is 0.925. The van der Waals surface area contributed by atoms with Gasteiger partial charge < -0.3 is 15.3 Å². The number of aliphatic hydroxyl groups excluding tert-OH is 1. The molecule has 1 saturated heterocycles. The first kappa shape index (κ1) is 29.3. The minimum Gasteiger partial charge on any atom is -0.400 e. The fourth-order valence-corrected chi connectivity index (χ4v) is 3.05. The van der Waals surface area contributed by atoms with Crippen LogP contribution in [0.15, 0.2) is 0 Å². The number of nitriles is 1. The largest absolute Gasteiger partial charge is 0.400 e. The molecular weight excluding hydrogens is 370 g/mol. The van der Waals surface area contributed by atoms with Crippen molar-refractivity contribution in [2.24, 2.45) is 10.8 Å². The number of hydrogen-bond acceptors (Lipinski definition) is 5. The lowest BCUT2D eigenvalue weighted by Gasteiger charge is -2.35. The fraction of sp³-hybridized carbons (Fsp3) is 0.818. The third-order valence-electron chi connectivity index (χ3n) is 4.79. The molecular formula is C22H41N3O4. The van der Waals surface area contributed by atoms with Gasteiger partial charge in [0.25, 0.3) is 0 Å². The van der Waals surface area contributed by atoms with Crippen molar-refractivity contribution >= 4 is 17.6 Å². The van der Waals surface area contributed by atoms with Crippen molar-refractivity contribution in [3.63, 3.8) is 0 Å². The highest BCUT2D eigenvalue weighted by Crippen LogP contribution is 2.45. The van der Waals surface area contributed by atoms with Crippen LogP contribution < -0.4 is 5.32 Å². The molecule has 0 spiro atoms. The summed E-state index contributed by atoms with van der Waals surface area (Å²) in [5.74, 6) is -0.616. The van der Waals surface area contributed by atoms with E-state index in [-0.39, 0.29) is 17.6 Å². The van der Waals surface area contributed by atoms with Gasteiger partial charge in [0.1, 0.15) is 11.5 Å². The molecule has 0 bridgehead atoms. The number of hydrogen-bond donors (Lipinski definition) is 2. The predicted molar refractivity (Wildman–Crippen MR) is 115 cm³/mol. The van der Waals surface area contributed by atoms with Crippen LogP contribution in [0.5, 0.6) is 0 Å². The van der Waals surface area contributed by atoms with E-state index in [2.05, 4.69) is 11.4 Å². The van der Waals surface area contributed by atoms with Crippen molar-refractivity contribution in [2.75, 3.05) is 13.7 Å². The molecule has 2 atom stereocenters. The van der Waals surface area contributed by atoms with E-state index in [0.717, 1.165) is 13.5 Å². The molecule has 2 N–H and O–H groups in total. The summed E-state index contributed by atoms with van der Waals surface area (Å²) < 4.78 is 0. The summed E-state index contributed by atoms with van der Waals surface area (Å²) in [6.45, 7) is 15.7. The highest BCUT2D eigenvalue weighted by molar-refractivity contribution is 5.95. The van der Waals surface area contributed by atoms with Crippen LogP contribution in [0.3, 0.4) is 0 Å².